The summed E-state index contributed by atoms with van der Waals surface area (Å²) >= 11 is 0. The van der Waals surface area contributed by atoms with E-state index in [4.69, 9.17) is 14.9 Å². The second-order valence-electron chi connectivity index (χ2n) is 8.40. The molecule has 10 nitrogen and oxygen atoms in total. The lowest BCUT2D eigenvalue weighted by molar-refractivity contribution is 0.249. The van der Waals surface area contributed by atoms with Crippen LogP contribution in [0.4, 0.5) is 25.0 Å². The lowest BCUT2D eigenvalue weighted by Crippen LogP contribution is -2.47. The van der Waals surface area contributed by atoms with E-state index in [0.29, 0.717) is 28.1 Å². The van der Waals surface area contributed by atoms with Gasteiger partial charge in [-0.1, -0.05) is 0 Å². The summed E-state index contributed by atoms with van der Waals surface area (Å²) in [5.41, 5.74) is 2.47. The number of benzene rings is 1. The molecule has 0 fully saturated rings. The standard InChI is InChI=1S/C25H27F2N7O3/c1-14(28)17(10-29-2)18-6-19-16(9-30-18)13-34(25(35)33(19)12-15-8-31-32(3)11-15)24-22(26)20(36-4)7-21(37-5)23(24)27/h6-11,28-29H,12-13H2,1-5H3/b17-10+,28-14?. The van der Waals surface area contributed by atoms with Gasteiger partial charge in [-0.25, -0.2) is 13.6 Å². The molecule has 37 heavy (non-hydrogen) atoms. The summed E-state index contributed by atoms with van der Waals surface area (Å²) in [6, 6.07) is 2.13. The van der Waals surface area contributed by atoms with Crippen molar-refractivity contribution >= 4 is 28.7 Å². The molecule has 0 saturated carbocycles. The molecule has 0 bridgehead atoms. The maximum Gasteiger partial charge on any atom is 0.329 e. The van der Waals surface area contributed by atoms with Crippen molar-refractivity contribution in [2.45, 2.75) is 20.0 Å². The van der Waals surface area contributed by atoms with Gasteiger partial charge >= 0.3 is 6.03 Å². The molecule has 0 unspecified atom stereocenters. The zero-order valence-electron chi connectivity index (χ0n) is 21.1. The van der Waals surface area contributed by atoms with Crippen LogP contribution in [0.1, 0.15) is 23.7 Å². The number of amides is 2. The van der Waals surface area contributed by atoms with Crippen molar-refractivity contribution < 1.29 is 23.0 Å². The second kappa shape index (κ2) is 10.2. The Labute approximate surface area is 212 Å². The summed E-state index contributed by atoms with van der Waals surface area (Å²) < 4.78 is 42.5. The molecular formula is C25H27F2N7O3. The number of halogens is 2. The first-order valence-electron chi connectivity index (χ1n) is 11.3. The number of nitrogens with one attached hydrogen (secondary N) is 2. The Morgan fingerprint density at radius 3 is 2.41 bits per heavy atom. The highest BCUT2D eigenvalue weighted by Gasteiger charge is 2.37. The van der Waals surface area contributed by atoms with Crippen molar-refractivity contribution in [2.24, 2.45) is 7.05 Å². The summed E-state index contributed by atoms with van der Waals surface area (Å²) in [6.45, 7) is 1.56. The SMILES string of the molecule is CN/C=C(\C(C)=N)c1cc2c(cn1)CN(c1c(F)c(OC)cc(OC)c1F)C(=O)N2Cc1cnn(C)c1. The lowest BCUT2D eigenvalue weighted by Gasteiger charge is -2.37. The van der Waals surface area contributed by atoms with Crippen LogP contribution in [0.5, 0.6) is 11.5 Å². The second-order valence-corrected chi connectivity index (χ2v) is 8.40. The topological polar surface area (TPSA) is 109 Å². The summed E-state index contributed by atoms with van der Waals surface area (Å²) in [5.74, 6) is -2.57. The highest BCUT2D eigenvalue weighted by atomic mass is 19.1. The number of fused-ring (bicyclic) bond motifs is 1. The lowest BCUT2D eigenvalue weighted by atomic mass is 10.0. The first kappa shape index (κ1) is 25.6. The van der Waals surface area contributed by atoms with Crippen LogP contribution in [0.25, 0.3) is 5.57 Å². The quantitative estimate of drug-likeness (QED) is 0.445. The molecule has 194 valence electrons. The molecule has 0 radical (unpaired) electrons. The number of carbonyl (C=O) groups excluding carboxylic acids is 1. The van der Waals surface area contributed by atoms with Crippen molar-refractivity contribution in [1.82, 2.24) is 20.1 Å². The van der Waals surface area contributed by atoms with Crippen molar-refractivity contribution in [3.63, 3.8) is 0 Å². The Bertz CT molecular complexity index is 1370. The monoisotopic (exact) mass is 511 g/mol. The van der Waals surface area contributed by atoms with Crippen LogP contribution < -0.4 is 24.6 Å². The third-order valence-corrected chi connectivity index (χ3v) is 5.93. The number of allylic oxidation sites excluding steroid dienone is 1. The summed E-state index contributed by atoms with van der Waals surface area (Å²) in [5, 5.41) is 15.2. The maximum atomic E-state index is 15.4. The minimum Gasteiger partial charge on any atom is -0.493 e. The fourth-order valence-electron chi connectivity index (χ4n) is 4.17. The van der Waals surface area contributed by atoms with Crippen LogP contribution >= 0.6 is 0 Å². The Kier molecular flexibility index (Phi) is 7.09. The fourth-order valence-corrected chi connectivity index (χ4v) is 4.17. The van der Waals surface area contributed by atoms with E-state index < -0.39 is 23.4 Å². The van der Waals surface area contributed by atoms with E-state index in [-0.39, 0.29) is 30.3 Å². The van der Waals surface area contributed by atoms with E-state index in [1.165, 1.54) is 19.1 Å². The van der Waals surface area contributed by atoms with E-state index in [1.807, 2.05) is 0 Å². The van der Waals surface area contributed by atoms with Gasteiger partial charge in [0, 0.05) is 61.2 Å². The number of nitrogens with zero attached hydrogens (tertiary/aromatic N) is 5. The van der Waals surface area contributed by atoms with Crippen molar-refractivity contribution in [2.75, 3.05) is 31.1 Å². The van der Waals surface area contributed by atoms with Crippen molar-refractivity contribution in [3.05, 3.63) is 65.4 Å². The summed E-state index contributed by atoms with van der Waals surface area (Å²) in [7, 11) is 5.95. The summed E-state index contributed by atoms with van der Waals surface area (Å²) in [6.07, 6.45) is 6.54. The van der Waals surface area contributed by atoms with Crippen molar-refractivity contribution in [3.8, 4) is 11.5 Å². The van der Waals surface area contributed by atoms with E-state index in [1.54, 1.807) is 56.6 Å². The minimum absolute atomic E-state index is 0.0820. The van der Waals surface area contributed by atoms with Gasteiger partial charge in [0.15, 0.2) is 23.1 Å². The number of aryl methyl sites for hydroxylation is 1. The smallest absolute Gasteiger partial charge is 0.329 e. The molecule has 0 saturated heterocycles. The third kappa shape index (κ3) is 4.69. The van der Waals surface area contributed by atoms with Crippen LogP contribution in [-0.4, -0.2) is 47.8 Å². The average Bonchev–Trinajstić information content (AvgIpc) is 3.29. The first-order valence-corrected chi connectivity index (χ1v) is 11.3. The van der Waals surface area contributed by atoms with Gasteiger partial charge < -0.3 is 20.2 Å². The predicted molar refractivity (Wildman–Crippen MR) is 135 cm³/mol. The Morgan fingerprint density at radius 1 is 1.19 bits per heavy atom. The number of pyridine rings is 1. The van der Waals surface area contributed by atoms with Gasteiger partial charge in [0.2, 0.25) is 0 Å². The van der Waals surface area contributed by atoms with Crippen LogP contribution in [0.15, 0.2) is 36.9 Å². The van der Waals surface area contributed by atoms with Crippen LogP contribution in [0.3, 0.4) is 0 Å². The molecule has 2 amide bonds. The molecule has 0 spiro atoms. The molecule has 2 N–H and O–H groups in total. The van der Waals surface area contributed by atoms with Crippen LogP contribution in [0.2, 0.25) is 0 Å². The molecule has 0 aliphatic carbocycles. The van der Waals surface area contributed by atoms with E-state index in [2.05, 4.69) is 15.4 Å². The zero-order chi connectivity index (χ0) is 26.9. The van der Waals surface area contributed by atoms with E-state index in [9.17, 15) is 4.79 Å². The molecule has 1 aromatic carbocycles. The van der Waals surface area contributed by atoms with Crippen LogP contribution in [-0.2, 0) is 20.1 Å². The van der Waals surface area contributed by atoms with Crippen molar-refractivity contribution in [1.29, 1.82) is 5.41 Å². The number of hydrogen-bond donors (Lipinski definition) is 2. The predicted octanol–water partition coefficient (Wildman–Crippen LogP) is 3.86. The van der Waals surface area contributed by atoms with E-state index >= 15 is 8.78 Å². The normalized spacial score (nSPS) is 13.5. The first-order chi connectivity index (χ1) is 17.7. The van der Waals surface area contributed by atoms with Gasteiger partial charge in [0.25, 0.3) is 0 Å². The zero-order valence-corrected chi connectivity index (χ0v) is 21.1. The maximum absolute atomic E-state index is 15.4. The van der Waals surface area contributed by atoms with Gasteiger partial charge in [-0.2, -0.15) is 5.10 Å². The number of carbonyl (C=O) groups is 1. The molecule has 12 heteroatoms. The largest absolute Gasteiger partial charge is 0.493 e. The number of ether oxygens (including phenoxy) is 2. The molecule has 2 aromatic heterocycles. The number of methoxy groups -OCH3 is 2. The molecule has 3 aromatic rings. The molecule has 4 rings (SSSR count). The van der Waals surface area contributed by atoms with Gasteiger partial charge in [-0.3, -0.25) is 19.5 Å². The Hall–Kier alpha value is -4.48. The molecule has 3 heterocycles. The molecule has 1 aliphatic rings. The molecule has 1 aliphatic heterocycles. The van der Waals surface area contributed by atoms with Gasteiger partial charge in [0.1, 0.15) is 5.69 Å². The minimum atomic E-state index is -1.03. The number of hydrogen-bond acceptors (Lipinski definition) is 7. The number of urea groups is 1. The molecular weight excluding hydrogens is 484 g/mol. The Morgan fingerprint density at radius 2 is 1.86 bits per heavy atom. The average molecular weight is 512 g/mol. The van der Waals surface area contributed by atoms with Crippen LogP contribution in [0, 0.1) is 17.0 Å². The highest BCUT2D eigenvalue weighted by Crippen LogP contribution is 2.41. The molecule has 0 atom stereocenters. The highest BCUT2D eigenvalue weighted by molar-refractivity contribution is 6.20. The number of rotatable bonds is 8. The van der Waals surface area contributed by atoms with Gasteiger partial charge in [-0.05, 0) is 13.0 Å². The Balaban J connectivity index is 1.89. The fraction of sp³-hybridized carbons (Fsp3) is 0.280. The third-order valence-electron chi connectivity index (χ3n) is 5.93. The number of anilines is 2. The summed E-state index contributed by atoms with van der Waals surface area (Å²) in [4.78, 5) is 20.7. The van der Waals surface area contributed by atoms with Gasteiger partial charge in [0.05, 0.1) is 44.9 Å². The van der Waals surface area contributed by atoms with Gasteiger partial charge in [-0.15, -0.1) is 0 Å². The van der Waals surface area contributed by atoms with E-state index in [0.717, 1.165) is 11.0 Å². The number of aromatic nitrogens is 3.